The lowest BCUT2D eigenvalue weighted by atomic mass is 10.1. The number of ether oxygens (including phenoxy) is 1. The van der Waals surface area contributed by atoms with E-state index in [-0.39, 0.29) is 12.1 Å². The summed E-state index contributed by atoms with van der Waals surface area (Å²) in [4.78, 5) is 0. The Morgan fingerprint density at radius 3 is 2.53 bits per heavy atom. The van der Waals surface area contributed by atoms with E-state index in [1.807, 2.05) is 26.0 Å². The molecule has 0 fully saturated rings. The number of nitrogens with one attached hydrogen (secondary N) is 2. The van der Waals surface area contributed by atoms with Gasteiger partial charge < -0.3 is 10.1 Å². The average Bonchev–Trinajstić information content (AvgIpc) is 2.89. The Kier molecular flexibility index (Phi) is 4.46. The van der Waals surface area contributed by atoms with Gasteiger partial charge in [-0.15, -0.1) is 10.2 Å². The Morgan fingerprint density at radius 2 is 1.95 bits per heavy atom. The molecule has 0 bridgehead atoms. The number of aromatic nitrogens is 4. The van der Waals surface area contributed by atoms with Crippen molar-refractivity contribution < 1.29 is 4.74 Å². The zero-order valence-electron chi connectivity index (χ0n) is 11.4. The van der Waals surface area contributed by atoms with E-state index >= 15 is 0 Å². The third kappa shape index (κ3) is 4.03. The monoisotopic (exact) mass is 261 g/mol. The first-order valence-corrected chi connectivity index (χ1v) is 6.37. The Morgan fingerprint density at radius 1 is 1.21 bits per heavy atom. The number of aromatic amines is 1. The van der Waals surface area contributed by atoms with E-state index in [2.05, 4.69) is 45.0 Å². The lowest BCUT2D eigenvalue weighted by molar-refractivity contribution is 0.242. The summed E-state index contributed by atoms with van der Waals surface area (Å²) in [6, 6.07) is 8.31. The van der Waals surface area contributed by atoms with Crippen molar-refractivity contribution in [3.05, 3.63) is 35.7 Å². The first kappa shape index (κ1) is 13.5. The molecule has 1 heterocycles. The fourth-order valence-electron chi connectivity index (χ4n) is 1.73. The highest BCUT2D eigenvalue weighted by atomic mass is 16.5. The summed E-state index contributed by atoms with van der Waals surface area (Å²) in [5.41, 5.74) is 1.19. The molecule has 0 saturated carbocycles. The summed E-state index contributed by atoms with van der Waals surface area (Å²) < 4.78 is 5.61. The van der Waals surface area contributed by atoms with E-state index < -0.39 is 0 Å². The number of tetrazole rings is 1. The molecule has 102 valence electrons. The highest BCUT2D eigenvalue weighted by Gasteiger charge is 2.07. The summed E-state index contributed by atoms with van der Waals surface area (Å²) in [7, 11) is 0. The van der Waals surface area contributed by atoms with Crippen molar-refractivity contribution >= 4 is 0 Å². The van der Waals surface area contributed by atoms with Gasteiger partial charge in [0.05, 0.1) is 12.6 Å². The maximum Gasteiger partial charge on any atom is 0.188 e. The van der Waals surface area contributed by atoms with Crippen LogP contribution in [0.4, 0.5) is 0 Å². The van der Waals surface area contributed by atoms with Crippen molar-refractivity contribution in [1.29, 1.82) is 0 Å². The lowest BCUT2D eigenvalue weighted by Gasteiger charge is -2.14. The number of hydrogen-bond donors (Lipinski definition) is 2. The predicted molar refractivity (Wildman–Crippen MR) is 71.6 cm³/mol. The molecule has 2 aromatic rings. The van der Waals surface area contributed by atoms with Crippen molar-refractivity contribution in [2.24, 2.45) is 0 Å². The summed E-state index contributed by atoms with van der Waals surface area (Å²) in [6.45, 7) is 6.71. The first-order valence-electron chi connectivity index (χ1n) is 6.37. The molecule has 0 amide bonds. The quantitative estimate of drug-likeness (QED) is 0.829. The molecule has 1 atom stereocenters. The van der Waals surface area contributed by atoms with E-state index in [1.165, 1.54) is 5.56 Å². The fraction of sp³-hybridized carbons (Fsp3) is 0.462. The van der Waals surface area contributed by atoms with Gasteiger partial charge in [-0.05, 0) is 38.5 Å². The van der Waals surface area contributed by atoms with E-state index in [4.69, 9.17) is 4.74 Å². The molecule has 6 heteroatoms. The van der Waals surface area contributed by atoms with Crippen molar-refractivity contribution in [2.45, 2.75) is 39.5 Å². The zero-order chi connectivity index (χ0) is 13.7. The van der Waals surface area contributed by atoms with Crippen LogP contribution in [0.15, 0.2) is 24.3 Å². The van der Waals surface area contributed by atoms with Crippen LogP contribution in [-0.4, -0.2) is 26.7 Å². The lowest BCUT2D eigenvalue weighted by Crippen LogP contribution is -2.18. The number of nitrogens with zero attached hydrogens (tertiary/aromatic N) is 3. The second kappa shape index (κ2) is 6.29. The van der Waals surface area contributed by atoms with Gasteiger partial charge in [-0.25, -0.2) is 0 Å². The molecule has 0 aliphatic rings. The minimum atomic E-state index is 0.194. The van der Waals surface area contributed by atoms with Gasteiger partial charge in [-0.3, -0.25) is 0 Å². The molecule has 1 aromatic carbocycles. The number of benzene rings is 1. The summed E-state index contributed by atoms with van der Waals surface area (Å²) in [5.74, 6) is 1.55. The third-order valence-corrected chi connectivity index (χ3v) is 2.71. The summed E-state index contributed by atoms with van der Waals surface area (Å²) in [5, 5.41) is 17.1. The van der Waals surface area contributed by atoms with Crippen molar-refractivity contribution in [2.75, 3.05) is 0 Å². The van der Waals surface area contributed by atoms with Crippen LogP contribution in [0, 0.1) is 0 Å². The van der Waals surface area contributed by atoms with Crippen LogP contribution >= 0.6 is 0 Å². The zero-order valence-corrected chi connectivity index (χ0v) is 11.4. The van der Waals surface area contributed by atoms with Crippen LogP contribution in [0.5, 0.6) is 5.75 Å². The first-order chi connectivity index (χ1) is 9.15. The molecule has 6 nitrogen and oxygen atoms in total. The minimum Gasteiger partial charge on any atom is -0.491 e. The molecule has 0 aliphatic carbocycles. The Balaban J connectivity index is 1.90. The smallest absolute Gasteiger partial charge is 0.188 e. The van der Waals surface area contributed by atoms with Crippen LogP contribution in [0.2, 0.25) is 0 Å². The van der Waals surface area contributed by atoms with Crippen LogP contribution < -0.4 is 10.1 Å². The highest BCUT2D eigenvalue weighted by molar-refractivity contribution is 5.29. The molecule has 0 radical (unpaired) electrons. The third-order valence-electron chi connectivity index (χ3n) is 2.71. The Hall–Kier alpha value is -1.95. The molecule has 0 spiro atoms. The standard InChI is InChI=1S/C13H19N5O/c1-9(2)19-12-6-4-11(5-7-12)10(3)14-8-13-15-17-18-16-13/h4-7,9-10,14H,8H2,1-3H3,(H,15,16,17,18). The molecule has 1 unspecified atom stereocenters. The molecule has 0 aliphatic heterocycles. The fourth-order valence-corrected chi connectivity index (χ4v) is 1.73. The second-order valence-electron chi connectivity index (χ2n) is 4.67. The normalized spacial score (nSPS) is 12.6. The van der Waals surface area contributed by atoms with Crippen molar-refractivity contribution in [1.82, 2.24) is 25.9 Å². The van der Waals surface area contributed by atoms with Crippen LogP contribution in [0.25, 0.3) is 0 Å². The summed E-state index contributed by atoms with van der Waals surface area (Å²) in [6.07, 6.45) is 0.194. The van der Waals surface area contributed by atoms with Gasteiger partial charge in [0.25, 0.3) is 0 Å². The maximum atomic E-state index is 5.61. The van der Waals surface area contributed by atoms with Crippen molar-refractivity contribution in [3.8, 4) is 5.75 Å². The largest absolute Gasteiger partial charge is 0.491 e. The average molecular weight is 261 g/mol. The highest BCUT2D eigenvalue weighted by Crippen LogP contribution is 2.18. The predicted octanol–water partition coefficient (Wildman–Crippen LogP) is 1.84. The second-order valence-corrected chi connectivity index (χ2v) is 4.67. The van der Waals surface area contributed by atoms with Gasteiger partial charge in [0, 0.05) is 6.04 Å². The van der Waals surface area contributed by atoms with Gasteiger partial charge in [0.1, 0.15) is 5.75 Å². The van der Waals surface area contributed by atoms with E-state index in [1.54, 1.807) is 0 Å². The summed E-state index contributed by atoms with van der Waals surface area (Å²) >= 11 is 0. The van der Waals surface area contributed by atoms with Crippen LogP contribution in [0.3, 0.4) is 0 Å². The van der Waals surface area contributed by atoms with Crippen molar-refractivity contribution in [3.63, 3.8) is 0 Å². The van der Waals surface area contributed by atoms with E-state index in [0.717, 1.165) is 5.75 Å². The van der Waals surface area contributed by atoms with Gasteiger partial charge in [-0.1, -0.05) is 17.3 Å². The maximum absolute atomic E-state index is 5.61. The van der Waals surface area contributed by atoms with Crippen LogP contribution in [0.1, 0.15) is 38.2 Å². The van der Waals surface area contributed by atoms with E-state index in [0.29, 0.717) is 12.4 Å². The number of hydrogen-bond acceptors (Lipinski definition) is 5. The Bertz CT molecular complexity index is 480. The van der Waals surface area contributed by atoms with Gasteiger partial charge >= 0.3 is 0 Å². The number of rotatable bonds is 6. The molecule has 1 aromatic heterocycles. The molecule has 19 heavy (non-hydrogen) atoms. The molecule has 0 saturated heterocycles. The Labute approximate surface area is 112 Å². The molecule has 2 rings (SSSR count). The van der Waals surface area contributed by atoms with Gasteiger partial charge in [0.15, 0.2) is 5.82 Å². The van der Waals surface area contributed by atoms with Gasteiger partial charge in [-0.2, -0.15) is 5.21 Å². The van der Waals surface area contributed by atoms with Gasteiger partial charge in [0.2, 0.25) is 0 Å². The molecular formula is C13H19N5O. The topological polar surface area (TPSA) is 75.7 Å². The molecular weight excluding hydrogens is 242 g/mol. The van der Waals surface area contributed by atoms with Crippen LogP contribution in [-0.2, 0) is 6.54 Å². The van der Waals surface area contributed by atoms with E-state index in [9.17, 15) is 0 Å². The SMILES string of the molecule is CC(C)Oc1ccc(C(C)NCc2nn[nH]n2)cc1. The minimum absolute atomic E-state index is 0.194. The number of H-pyrrole nitrogens is 1. The molecule has 2 N–H and O–H groups in total.